The largest absolute Gasteiger partial charge is 0.348 e. The average Bonchev–Trinajstić information content (AvgIpc) is 3.16. The van der Waals surface area contributed by atoms with Gasteiger partial charge in [-0.05, 0) is 50.3 Å². The van der Waals surface area contributed by atoms with Crippen LogP contribution in [0.5, 0.6) is 0 Å². The number of rotatable bonds is 5. The average molecular weight is 426 g/mol. The zero-order valence-corrected chi connectivity index (χ0v) is 18.5. The third-order valence-electron chi connectivity index (χ3n) is 5.54. The second kappa shape index (κ2) is 8.55. The van der Waals surface area contributed by atoms with Crippen molar-refractivity contribution < 1.29 is 4.79 Å². The number of benzene rings is 1. The molecule has 1 atom stereocenters. The van der Waals surface area contributed by atoms with Crippen molar-refractivity contribution in [3.8, 4) is 0 Å². The fourth-order valence-electron chi connectivity index (χ4n) is 3.98. The molecule has 1 aromatic carbocycles. The van der Waals surface area contributed by atoms with Crippen molar-refractivity contribution in [3.63, 3.8) is 0 Å². The first-order chi connectivity index (χ1) is 14.5. The van der Waals surface area contributed by atoms with Crippen molar-refractivity contribution in [3.05, 3.63) is 46.5 Å². The molecule has 0 aliphatic carbocycles. The minimum atomic E-state index is -0.206. The highest BCUT2D eigenvalue weighted by atomic mass is 32.1. The van der Waals surface area contributed by atoms with Gasteiger partial charge in [-0.15, -0.1) is 0 Å². The normalized spacial score (nSPS) is 16.8. The maximum Gasteiger partial charge on any atom is 0.273 e. The first-order valence-electron chi connectivity index (χ1n) is 10.4. The molecule has 2 aromatic heterocycles. The molecule has 0 saturated carbocycles. The number of aryl methyl sites for hydroxylation is 1. The Balaban J connectivity index is 1.59. The number of amides is 1. The smallest absolute Gasteiger partial charge is 0.273 e. The zero-order chi connectivity index (χ0) is 21.3. The number of thiazole rings is 1. The molecule has 1 saturated heterocycles. The number of carbonyl (C=O) groups is 1. The molecule has 0 N–H and O–H groups in total. The summed E-state index contributed by atoms with van der Waals surface area (Å²) in [6.45, 7) is 8.56. The molecule has 1 unspecified atom stereocenters. The zero-order valence-electron chi connectivity index (χ0n) is 17.7. The van der Waals surface area contributed by atoms with Gasteiger partial charge < -0.3 is 9.80 Å². The summed E-state index contributed by atoms with van der Waals surface area (Å²) in [4.78, 5) is 38.9. The van der Waals surface area contributed by atoms with E-state index in [4.69, 9.17) is 0 Å². The van der Waals surface area contributed by atoms with Gasteiger partial charge in [-0.1, -0.05) is 30.4 Å². The van der Waals surface area contributed by atoms with Crippen LogP contribution in [0, 0.1) is 12.8 Å². The van der Waals surface area contributed by atoms with Gasteiger partial charge in [-0.3, -0.25) is 14.2 Å². The fourth-order valence-corrected chi connectivity index (χ4v) is 4.98. The summed E-state index contributed by atoms with van der Waals surface area (Å²) in [7, 11) is 0. The minimum Gasteiger partial charge on any atom is -0.348 e. The molecule has 3 heterocycles. The minimum absolute atomic E-state index is 0.0441. The van der Waals surface area contributed by atoms with Crippen LogP contribution in [-0.4, -0.2) is 40.1 Å². The Morgan fingerprint density at radius 1 is 1.37 bits per heavy atom. The second-order valence-electron chi connectivity index (χ2n) is 8.00. The number of anilines is 2. The van der Waals surface area contributed by atoms with Crippen LogP contribution in [-0.2, 0) is 11.3 Å². The number of fused-ring (bicyclic) bond motifs is 1. The number of hydrogen-bond donors (Lipinski definition) is 0. The molecule has 4 rings (SSSR count). The lowest BCUT2D eigenvalue weighted by Crippen LogP contribution is -2.36. The fraction of sp³-hybridized carbons (Fsp3) is 0.455. The molecule has 7 nitrogen and oxygen atoms in total. The summed E-state index contributed by atoms with van der Waals surface area (Å²) in [6, 6.07) is 7.81. The maximum atomic E-state index is 13.0. The predicted octanol–water partition coefficient (Wildman–Crippen LogP) is 3.45. The van der Waals surface area contributed by atoms with E-state index in [-0.39, 0.29) is 18.0 Å². The molecule has 0 spiro atoms. The van der Waals surface area contributed by atoms with E-state index in [0.29, 0.717) is 22.8 Å². The Kier molecular flexibility index (Phi) is 5.85. The van der Waals surface area contributed by atoms with Gasteiger partial charge in [-0.2, -0.15) is 4.98 Å². The lowest BCUT2D eigenvalue weighted by molar-refractivity contribution is -0.119. The molecular formula is C22H27N5O2S. The highest BCUT2D eigenvalue weighted by molar-refractivity contribution is 7.22. The Morgan fingerprint density at radius 3 is 2.93 bits per heavy atom. The van der Waals surface area contributed by atoms with E-state index in [0.717, 1.165) is 35.9 Å². The molecule has 1 aliphatic heterocycles. The SMILES string of the molecule is CCN(C(=O)Cn1cnc2nc(N3CCCC(C)C3)sc2c1=O)c1cccc(C)c1. The van der Waals surface area contributed by atoms with E-state index >= 15 is 0 Å². The lowest BCUT2D eigenvalue weighted by atomic mass is 10.0. The van der Waals surface area contributed by atoms with Crippen LogP contribution in [0.1, 0.15) is 32.3 Å². The van der Waals surface area contributed by atoms with Crippen molar-refractivity contribution in [1.82, 2.24) is 14.5 Å². The first-order valence-corrected chi connectivity index (χ1v) is 11.3. The van der Waals surface area contributed by atoms with Gasteiger partial charge >= 0.3 is 0 Å². The van der Waals surface area contributed by atoms with Crippen LogP contribution in [0.15, 0.2) is 35.4 Å². The monoisotopic (exact) mass is 425 g/mol. The van der Waals surface area contributed by atoms with Crippen LogP contribution >= 0.6 is 11.3 Å². The highest BCUT2D eigenvalue weighted by Crippen LogP contribution is 2.29. The maximum absolute atomic E-state index is 13.0. The molecule has 30 heavy (non-hydrogen) atoms. The molecule has 0 bridgehead atoms. The topological polar surface area (TPSA) is 71.3 Å². The third-order valence-corrected chi connectivity index (χ3v) is 6.63. The number of hydrogen-bond acceptors (Lipinski definition) is 6. The van der Waals surface area contributed by atoms with Crippen LogP contribution in [0.25, 0.3) is 10.3 Å². The molecular weight excluding hydrogens is 398 g/mol. The van der Waals surface area contributed by atoms with Gasteiger partial charge in [0.2, 0.25) is 5.91 Å². The molecule has 8 heteroatoms. The molecule has 1 aliphatic rings. The van der Waals surface area contributed by atoms with Gasteiger partial charge in [0, 0.05) is 25.3 Å². The van der Waals surface area contributed by atoms with Crippen LogP contribution in [0.4, 0.5) is 10.8 Å². The van der Waals surface area contributed by atoms with Gasteiger partial charge in [-0.25, -0.2) is 4.98 Å². The van der Waals surface area contributed by atoms with E-state index in [1.807, 2.05) is 38.1 Å². The van der Waals surface area contributed by atoms with Crippen molar-refractivity contribution in [2.75, 3.05) is 29.4 Å². The van der Waals surface area contributed by atoms with Crippen LogP contribution in [0.3, 0.4) is 0 Å². The molecule has 3 aromatic rings. The summed E-state index contributed by atoms with van der Waals surface area (Å²) >= 11 is 1.38. The van der Waals surface area contributed by atoms with E-state index in [2.05, 4.69) is 21.8 Å². The molecule has 1 amide bonds. The summed E-state index contributed by atoms with van der Waals surface area (Å²) in [5, 5.41) is 0.847. The quantitative estimate of drug-likeness (QED) is 0.626. The predicted molar refractivity (Wildman–Crippen MR) is 121 cm³/mol. The van der Waals surface area contributed by atoms with E-state index < -0.39 is 0 Å². The second-order valence-corrected chi connectivity index (χ2v) is 8.97. The standard InChI is InChI=1S/C22H27N5O2S/c1-4-27(17-9-5-7-15(2)11-17)18(28)13-26-14-23-20-19(21(26)29)30-22(24-20)25-10-6-8-16(3)12-25/h5,7,9,11,14,16H,4,6,8,10,12-13H2,1-3H3. The Bertz CT molecular complexity index is 1120. The number of piperidine rings is 1. The van der Waals surface area contributed by atoms with Gasteiger partial charge in [0.05, 0.1) is 0 Å². The molecule has 1 fully saturated rings. The molecule has 158 valence electrons. The third kappa shape index (κ3) is 4.09. The van der Waals surface area contributed by atoms with Crippen molar-refractivity contribution in [1.29, 1.82) is 0 Å². The number of likely N-dealkylation sites (N-methyl/N-ethyl adjacent to an activating group) is 1. The van der Waals surface area contributed by atoms with Crippen LogP contribution < -0.4 is 15.4 Å². The van der Waals surface area contributed by atoms with Crippen molar-refractivity contribution in [2.24, 2.45) is 5.92 Å². The van der Waals surface area contributed by atoms with Gasteiger partial charge in [0.15, 0.2) is 10.8 Å². The summed E-state index contributed by atoms with van der Waals surface area (Å²) in [5.74, 6) is 0.482. The first kappa shape index (κ1) is 20.5. The number of nitrogens with zero attached hydrogens (tertiary/aromatic N) is 5. The summed E-state index contributed by atoms with van der Waals surface area (Å²) < 4.78 is 1.90. The van der Waals surface area contributed by atoms with E-state index in [1.54, 1.807) is 4.90 Å². The van der Waals surface area contributed by atoms with E-state index in [1.165, 1.54) is 28.7 Å². The van der Waals surface area contributed by atoms with Gasteiger partial charge in [0.1, 0.15) is 17.6 Å². The number of carbonyl (C=O) groups excluding carboxylic acids is 1. The van der Waals surface area contributed by atoms with Crippen molar-refractivity contribution in [2.45, 2.75) is 40.2 Å². The van der Waals surface area contributed by atoms with Gasteiger partial charge in [0.25, 0.3) is 5.56 Å². The Morgan fingerprint density at radius 2 is 2.20 bits per heavy atom. The summed E-state index contributed by atoms with van der Waals surface area (Å²) in [6.07, 6.45) is 3.80. The summed E-state index contributed by atoms with van der Waals surface area (Å²) in [5.41, 5.74) is 2.18. The number of aromatic nitrogens is 3. The van der Waals surface area contributed by atoms with Crippen LogP contribution in [0.2, 0.25) is 0 Å². The molecule has 0 radical (unpaired) electrons. The Labute approximate surface area is 180 Å². The highest BCUT2D eigenvalue weighted by Gasteiger charge is 2.22. The van der Waals surface area contributed by atoms with E-state index in [9.17, 15) is 9.59 Å². The Hall–Kier alpha value is -2.74. The lowest BCUT2D eigenvalue weighted by Gasteiger charge is -2.30. The van der Waals surface area contributed by atoms with Crippen molar-refractivity contribution >= 4 is 38.4 Å².